The van der Waals surface area contributed by atoms with Crippen LogP contribution in [0.15, 0.2) is 0 Å². The van der Waals surface area contributed by atoms with Gasteiger partial charge in [-0.15, -0.1) is 0 Å². The minimum Gasteiger partial charge on any atom is -0.317 e. The zero-order valence-corrected chi connectivity index (χ0v) is 11.6. The summed E-state index contributed by atoms with van der Waals surface area (Å²) in [6, 6.07) is 0.980. The Bertz CT molecular complexity index is 197. The minimum absolute atomic E-state index is 0.980. The van der Waals surface area contributed by atoms with Crippen LogP contribution >= 0.6 is 0 Å². The third-order valence-corrected chi connectivity index (χ3v) is 3.98. The average Bonchev–Trinajstić information content (AvgIpc) is 3.17. The van der Waals surface area contributed by atoms with Gasteiger partial charge in [0.05, 0.1) is 0 Å². The second kappa shape index (κ2) is 7.38. The summed E-state index contributed by atoms with van der Waals surface area (Å²) >= 11 is 0. The molecule has 0 aliphatic heterocycles. The molecule has 0 atom stereocenters. The lowest BCUT2D eigenvalue weighted by molar-refractivity contribution is 0.247. The Hall–Kier alpha value is -0.0800. The highest BCUT2D eigenvalue weighted by molar-refractivity contribution is 4.88. The first-order valence-corrected chi connectivity index (χ1v) is 7.85. The molecule has 2 rings (SSSR count). The summed E-state index contributed by atoms with van der Waals surface area (Å²) in [7, 11) is 0. The van der Waals surface area contributed by atoms with Crippen LogP contribution in [-0.2, 0) is 0 Å². The van der Waals surface area contributed by atoms with Crippen molar-refractivity contribution in [3.05, 3.63) is 0 Å². The van der Waals surface area contributed by atoms with E-state index in [1.807, 2.05) is 0 Å². The number of nitrogens with one attached hydrogen (secondary N) is 1. The maximum atomic E-state index is 3.49. The topological polar surface area (TPSA) is 15.3 Å². The smallest absolute Gasteiger partial charge is 0.00965 e. The number of unbranched alkanes of at least 4 members (excludes halogenated alkanes) is 2. The van der Waals surface area contributed by atoms with Crippen LogP contribution in [-0.4, -0.2) is 37.1 Å². The molecule has 0 bridgehead atoms. The minimum atomic E-state index is 0.980. The molecule has 0 saturated heterocycles. The van der Waals surface area contributed by atoms with Crippen molar-refractivity contribution in [2.24, 2.45) is 5.92 Å². The normalized spacial score (nSPS) is 20.1. The van der Waals surface area contributed by atoms with Gasteiger partial charge in [-0.05, 0) is 70.5 Å². The highest BCUT2D eigenvalue weighted by Gasteiger charge is 2.32. The third kappa shape index (κ3) is 5.87. The van der Waals surface area contributed by atoms with Crippen molar-refractivity contribution in [1.82, 2.24) is 10.2 Å². The highest BCUT2D eigenvalue weighted by Crippen LogP contribution is 2.34. The lowest BCUT2D eigenvalue weighted by Gasteiger charge is -2.21. The van der Waals surface area contributed by atoms with E-state index in [4.69, 9.17) is 0 Å². The van der Waals surface area contributed by atoms with Gasteiger partial charge >= 0.3 is 0 Å². The van der Waals surface area contributed by atoms with E-state index in [2.05, 4.69) is 17.1 Å². The first kappa shape index (κ1) is 13.4. The molecule has 1 N–H and O–H groups in total. The Kier molecular flexibility index (Phi) is 5.79. The zero-order valence-electron chi connectivity index (χ0n) is 11.6. The van der Waals surface area contributed by atoms with E-state index in [-0.39, 0.29) is 0 Å². The van der Waals surface area contributed by atoms with Crippen LogP contribution in [0.3, 0.4) is 0 Å². The van der Waals surface area contributed by atoms with Gasteiger partial charge in [-0.1, -0.05) is 13.3 Å². The van der Waals surface area contributed by atoms with Crippen LogP contribution in [0.5, 0.6) is 0 Å². The molecule has 2 aliphatic carbocycles. The van der Waals surface area contributed by atoms with Crippen LogP contribution in [0.2, 0.25) is 0 Å². The van der Waals surface area contributed by atoms with Crippen molar-refractivity contribution >= 4 is 0 Å². The molecule has 0 radical (unpaired) electrons. The molecule has 0 spiro atoms. The van der Waals surface area contributed by atoms with Gasteiger partial charge in [-0.3, -0.25) is 0 Å². The Morgan fingerprint density at radius 2 is 1.82 bits per heavy atom. The van der Waals surface area contributed by atoms with Gasteiger partial charge in [0.15, 0.2) is 0 Å². The molecular weight excluding hydrogens is 208 g/mol. The summed E-state index contributed by atoms with van der Waals surface area (Å²) in [5.74, 6) is 1.07. The Labute approximate surface area is 107 Å². The summed E-state index contributed by atoms with van der Waals surface area (Å²) in [5, 5.41) is 3.49. The molecule has 0 aromatic carbocycles. The molecule has 2 heteroatoms. The van der Waals surface area contributed by atoms with Crippen molar-refractivity contribution in [2.45, 2.75) is 64.3 Å². The first-order chi connectivity index (χ1) is 8.40. The fraction of sp³-hybridized carbons (Fsp3) is 1.00. The fourth-order valence-corrected chi connectivity index (χ4v) is 2.54. The van der Waals surface area contributed by atoms with E-state index in [0.29, 0.717) is 0 Å². The summed E-state index contributed by atoms with van der Waals surface area (Å²) in [4.78, 5) is 2.79. The predicted octanol–water partition coefficient (Wildman–Crippen LogP) is 3.03. The van der Waals surface area contributed by atoms with Gasteiger partial charge in [0, 0.05) is 12.6 Å². The van der Waals surface area contributed by atoms with Crippen LogP contribution in [0, 0.1) is 5.92 Å². The van der Waals surface area contributed by atoms with E-state index in [1.54, 1.807) is 0 Å². The molecule has 2 fully saturated rings. The third-order valence-electron chi connectivity index (χ3n) is 3.98. The molecule has 0 heterocycles. The summed E-state index contributed by atoms with van der Waals surface area (Å²) in [6.45, 7) is 7.43. The number of hydrogen-bond acceptors (Lipinski definition) is 2. The molecule has 100 valence electrons. The Morgan fingerprint density at radius 1 is 1.00 bits per heavy atom. The Balaban J connectivity index is 1.44. The molecule has 2 aliphatic rings. The van der Waals surface area contributed by atoms with Crippen molar-refractivity contribution in [3.63, 3.8) is 0 Å². The summed E-state index contributed by atoms with van der Waals surface area (Å²) in [5.41, 5.74) is 0. The van der Waals surface area contributed by atoms with E-state index in [9.17, 15) is 0 Å². The predicted molar refractivity (Wildman–Crippen MR) is 74.3 cm³/mol. The van der Waals surface area contributed by atoms with E-state index in [1.165, 1.54) is 77.5 Å². The lowest BCUT2D eigenvalue weighted by Crippen LogP contribution is -2.29. The van der Waals surface area contributed by atoms with Gasteiger partial charge in [0.2, 0.25) is 0 Å². The Morgan fingerprint density at radius 3 is 2.47 bits per heavy atom. The van der Waals surface area contributed by atoms with Crippen LogP contribution in [0.1, 0.15) is 58.3 Å². The fourth-order valence-electron chi connectivity index (χ4n) is 2.54. The van der Waals surface area contributed by atoms with Gasteiger partial charge in [0.1, 0.15) is 0 Å². The number of nitrogens with zero attached hydrogens (tertiary/aromatic N) is 1. The highest BCUT2D eigenvalue weighted by atomic mass is 15.2. The molecule has 2 nitrogen and oxygen atoms in total. The molecule has 0 unspecified atom stereocenters. The van der Waals surface area contributed by atoms with Crippen LogP contribution in [0.4, 0.5) is 0 Å². The number of rotatable bonds is 11. The van der Waals surface area contributed by atoms with Crippen molar-refractivity contribution < 1.29 is 0 Å². The van der Waals surface area contributed by atoms with Gasteiger partial charge in [0.25, 0.3) is 0 Å². The molecule has 17 heavy (non-hydrogen) atoms. The monoisotopic (exact) mass is 238 g/mol. The number of hydrogen-bond donors (Lipinski definition) is 1. The quantitative estimate of drug-likeness (QED) is 0.557. The van der Waals surface area contributed by atoms with Crippen molar-refractivity contribution in [3.8, 4) is 0 Å². The lowest BCUT2D eigenvalue weighted by atomic mass is 10.2. The molecule has 0 amide bonds. The van der Waals surface area contributed by atoms with E-state index >= 15 is 0 Å². The summed E-state index contributed by atoms with van der Waals surface area (Å²) in [6.07, 6.45) is 11.4. The molecular formula is C15H30N2. The van der Waals surface area contributed by atoms with Crippen molar-refractivity contribution in [1.29, 1.82) is 0 Å². The van der Waals surface area contributed by atoms with Gasteiger partial charge < -0.3 is 10.2 Å². The molecule has 0 aromatic rings. The maximum Gasteiger partial charge on any atom is 0.00965 e. The molecule has 2 saturated carbocycles. The van der Waals surface area contributed by atoms with Crippen molar-refractivity contribution in [2.75, 3.05) is 26.2 Å². The average molecular weight is 238 g/mol. The summed E-state index contributed by atoms with van der Waals surface area (Å²) < 4.78 is 0. The standard InChI is InChI=1S/C15H30N2/c1-2-10-16-11-4-3-5-12-17(15-8-9-15)13-14-6-7-14/h14-16H,2-13H2,1H3. The largest absolute Gasteiger partial charge is 0.317 e. The molecule has 0 aromatic heterocycles. The van der Waals surface area contributed by atoms with E-state index in [0.717, 1.165) is 12.0 Å². The first-order valence-electron chi connectivity index (χ1n) is 7.85. The van der Waals surface area contributed by atoms with Gasteiger partial charge in [-0.25, -0.2) is 0 Å². The van der Waals surface area contributed by atoms with E-state index < -0.39 is 0 Å². The van der Waals surface area contributed by atoms with Gasteiger partial charge in [-0.2, -0.15) is 0 Å². The second-order valence-corrected chi connectivity index (χ2v) is 5.98. The maximum absolute atomic E-state index is 3.49. The van der Waals surface area contributed by atoms with Crippen LogP contribution in [0.25, 0.3) is 0 Å². The van der Waals surface area contributed by atoms with Crippen LogP contribution < -0.4 is 5.32 Å². The zero-order chi connectivity index (χ0) is 11.9. The SMILES string of the molecule is CCCNCCCCCN(CC1CC1)C1CC1. The second-order valence-electron chi connectivity index (χ2n) is 5.98.